The van der Waals surface area contributed by atoms with Gasteiger partial charge in [0, 0.05) is 44.7 Å². The van der Waals surface area contributed by atoms with Gasteiger partial charge in [-0.15, -0.1) is 0 Å². The second-order valence-corrected chi connectivity index (χ2v) is 10.2. The van der Waals surface area contributed by atoms with Crippen molar-refractivity contribution in [1.82, 2.24) is 20.4 Å². The van der Waals surface area contributed by atoms with Crippen LogP contribution in [0.1, 0.15) is 57.4 Å². The smallest absolute Gasteiger partial charge is 0.405 e. The lowest BCUT2D eigenvalue weighted by molar-refractivity contribution is -0.137. The molecule has 4 amide bonds. The molecular formula is C27H41N5O5. The summed E-state index contributed by atoms with van der Waals surface area (Å²) in [6, 6.07) is 5.68. The quantitative estimate of drug-likeness (QED) is 0.374. The van der Waals surface area contributed by atoms with E-state index in [4.69, 9.17) is 0 Å². The van der Waals surface area contributed by atoms with Crippen molar-refractivity contribution in [3.63, 3.8) is 0 Å². The van der Waals surface area contributed by atoms with Crippen LogP contribution in [0.5, 0.6) is 0 Å². The molecule has 1 saturated carbocycles. The van der Waals surface area contributed by atoms with Gasteiger partial charge in [-0.25, -0.2) is 4.79 Å². The summed E-state index contributed by atoms with van der Waals surface area (Å²) >= 11 is 0. The van der Waals surface area contributed by atoms with Crippen molar-refractivity contribution in [2.45, 2.75) is 70.4 Å². The number of anilines is 1. The number of hydrogen-bond acceptors (Lipinski definition) is 5. The van der Waals surface area contributed by atoms with Gasteiger partial charge in [0.05, 0.1) is 0 Å². The molecule has 1 saturated heterocycles. The molecule has 1 aliphatic carbocycles. The second-order valence-electron chi connectivity index (χ2n) is 10.2. The van der Waals surface area contributed by atoms with Crippen molar-refractivity contribution in [3.05, 3.63) is 29.8 Å². The van der Waals surface area contributed by atoms with Gasteiger partial charge >= 0.3 is 6.09 Å². The lowest BCUT2D eigenvalue weighted by atomic mass is 9.91. The van der Waals surface area contributed by atoms with Crippen molar-refractivity contribution in [1.29, 1.82) is 0 Å². The first-order valence-electron chi connectivity index (χ1n) is 13.4. The van der Waals surface area contributed by atoms with Crippen LogP contribution in [-0.2, 0) is 20.8 Å². The summed E-state index contributed by atoms with van der Waals surface area (Å²) in [7, 11) is 2.02. The third kappa shape index (κ3) is 8.73. The Labute approximate surface area is 219 Å². The highest BCUT2D eigenvalue weighted by Gasteiger charge is 2.31. The van der Waals surface area contributed by atoms with E-state index >= 15 is 0 Å². The number of hydrogen-bond donors (Lipinski definition) is 4. The van der Waals surface area contributed by atoms with E-state index in [2.05, 4.69) is 20.9 Å². The molecule has 1 heterocycles. The van der Waals surface area contributed by atoms with Gasteiger partial charge in [-0.3, -0.25) is 14.4 Å². The van der Waals surface area contributed by atoms with Crippen molar-refractivity contribution in [3.8, 4) is 0 Å². The minimum Gasteiger partial charge on any atom is -0.465 e. The van der Waals surface area contributed by atoms with E-state index in [9.17, 15) is 24.3 Å². The lowest BCUT2D eigenvalue weighted by Crippen LogP contribution is -2.54. The fourth-order valence-corrected chi connectivity index (χ4v) is 5.10. The predicted octanol–water partition coefficient (Wildman–Crippen LogP) is 2.44. The van der Waals surface area contributed by atoms with Crippen LogP contribution in [0.2, 0.25) is 0 Å². The van der Waals surface area contributed by atoms with Crippen molar-refractivity contribution in [2.75, 3.05) is 38.5 Å². The summed E-state index contributed by atoms with van der Waals surface area (Å²) < 4.78 is 0. The van der Waals surface area contributed by atoms with E-state index in [0.717, 1.165) is 57.2 Å². The first-order valence-corrected chi connectivity index (χ1v) is 13.4. The average Bonchev–Trinajstić information content (AvgIpc) is 3.17. The van der Waals surface area contributed by atoms with E-state index in [-0.39, 0.29) is 23.6 Å². The third-order valence-electron chi connectivity index (χ3n) is 7.36. The molecule has 4 N–H and O–H groups in total. The van der Waals surface area contributed by atoms with E-state index in [1.165, 1.54) is 0 Å². The second kappa shape index (κ2) is 14.0. The molecule has 0 spiro atoms. The van der Waals surface area contributed by atoms with Gasteiger partial charge in [0.25, 0.3) is 0 Å². The van der Waals surface area contributed by atoms with Crippen molar-refractivity contribution < 1.29 is 24.3 Å². The zero-order chi connectivity index (χ0) is 26.8. The van der Waals surface area contributed by atoms with Crippen LogP contribution in [0.4, 0.5) is 10.5 Å². The standard InChI is InChI=1S/C27H41N5O5/c1-3-23(33)29-22(26(35)32-16-14-31(2)15-17-32)18-19-10-12-21(13-11-19)28-25(34)24(30-27(36)37)20-8-6-4-5-7-9-20/h10-13,20,22,24,30H,3-9,14-18H2,1-2H3,(H,28,34)(H,29,33)(H,36,37)/t22?,24-/m0/s1. The van der Waals surface area contributed by atoms with Crippen LogP contribution in [0, 0.1) is 5.92 Å². The molecule has 1 unspecified atom stereocenters. The maximum Gasteiger partial charge on any atom is 0.405 e. The highest BCUT2D eigenvalue weighted by molar-refractivity contribution is 5.96. The maximum absolute atomic E-state index is 13.2. The lowest BCUT2D eigenvalue weighted by Gasteiger charge is -2.34. The molecule has 2 fully saturated rings. The molecule has 204 valence electrons. The number of carboxylic acid groups (broad SMARTS) is 1. The zero-order valence-corrected chi connectivity index (χ0v) is 22.0. The van der Waals surface area contributed by atoms with Crippen molar-refractivity contribution in [2.24, 2.45) is 5.92 Å². The molecule has 0 bridgehead atoms. The van der Waals surface area contributed by atoms with Gasteiger partial charge in [-0.1, -0.05) is 44.7 Å². The highest BCUT2D eigenvalue weighted by atomic mass is 16.4. The molecule has 10 heteroatoms. The highest BCUT2D eigenvalue weighted by Crippen LogP contribution is 2.26. The first kappa shape index (κ1) is 28.4. The average molecular weight is 516 g/mol. The number of likely N-dealkylation sites (N-methyl/N-ethyl adjacent to an activating group) is 1. The molecule has 10 nitrogen and oxygen atoms in total. The van der Waals surface area contributed by atoms with E-state index in [1.54, 1.807) is 24.0 Å². The number of benzene rings is 1. The van der Waals surface area contributed by atoms with Gasteiger partial charge in [0.15, 0.2) is 0 Å². The van der Waals surface area contributed by atoms with Gasteiger partial charge < -0.3 is 30.9 Å². The third-order valence-corrected chi connectivity index (χ3v) is 7.36. The summed E-state index contributed by atoms with van der Waals surface area (Å²) in [5, 5.41) is 17.4. The van der Waals surface area contributed by atoms with Crippen molar-refractivity contribution >= 4 is 29.5 Å². The number of carbonyl (C=O) groups is 4. The Morgan fingerprint density at radius 3 is 2.14 bits per heavy atom. The number of nitrogens with one attached hydrogen (secondary N) is 3. The Kier molecular flexibility index (Phi) is 10.7. The Balaban J connectivity index is 1.65. The summed E-state index contributed by atoms with van der Waals surface area (Å²) in [6.45, 7) is 4.61. The van der Waals surface area contributed by atoms with Crippen LogP contribution >= 0.6 is 0 Å². The van der Waals surface area contributed by atoms with Crippen LogP contribution in [0.3, 0.4) is 0 Å². The topological polar surface area (TPSA) is 131 Å². The Morgan fingerprint density at radius 2 is 1.57 bits per heavy atom. The molecule has 1 aliphatic heterocycles. The Bertz CT molecular complexity index is 922. The predicted molar refractivity (Wildman–Crippen MR) is 141 cm³/mol. The molecule has 1 aromatic carbocycles. The van der Waals surface area contributed by atoms with Crippen LogP contribution < -0.4 is 16.0 Å². The van der Waals surface area contributed by atoms with E-state index < -0.39 is 18.2 Å². The maximum atomic E-state index is 13.2. The summed E-state index contributed by atoms with van der Waals surface area (Å²) in [5.41, 5.74) is 1.41. The zero-order valence-electron chi connectivity index (χ0n) is 22.0. The molecule has 0 aromatic heterocycles. The molecule has 2 atom stereocenters. The first-order chi connectivity index (χ1) is 17.8. The number of amides is 4. The van der Waals surface area contributed by atoms with E-state index in [1.807, 2.05) is 19.2 Å². The summed E-state index contributed by atoms with van der Waals surface area (Å²) in [6.07, 6.45) is 5.28. The van der Waals surface area contributed by atoms with E-state index in [0.29, 0.717) is 31.6 Å². The van der Waals surface area contributed by atoms with Gasteiger partial charge in [-0.05, 0) is 43.5 Å². The molecule has 2 aliphatic rings. The number of carbonyl (C=O) groups excluding carboxylic acids is 3. The SMILES string of the molecule is CCC(=O)NC(Cc1ccc(NC(=O)[C@@H](NC(=O)O)C2CCCCCC2)cc1)C(=O)N1CCN(C)CC1. The monoisotopic (exact) mass is 515 g/mol. The molecular weight excluding hydrogens is 474 g/mol. The minimum atomic E-state index is -1.20. The molecule has 1 aromatic rings. The van der Waals surface area contributed by atoms with Crippen LogP contribution in [0.15, 0.2) is 24.3 Å². The van der Waals surface area contributed by atoms with Gasteiger partial charge in [0.2, 0.25) is 17.7 Å². The summed E-state index contributed by atoms with van der Waals surface area (Å²) in [5.74, 6) is -0.646. The molecule has 0 radical (unpaired) electrons. The molecule has 37 heavy (non-hydrogen) atoms. The Hall–Kier alpha value is -3.14. The largest absolute Gasteiger partial charge is 0.465 e. The number of nitrogens with zero attached hydrogens (tertiary/aromatic N) is 2. The van der Waals surface area contributed by atoms with Gasteiger partial charge in [0.1, 0.15) is 12.1 Å². The fraction of sp³-hybridized carbons (Fsp3) is 0.630. The summed E-state index contributed by atoms with van der Waals surface area (Å²) in [4.78, 5) is 53.7. The van der Waals surface area contributed by atoms with Crippen LogP contribution in [0.25, 0.3) is 0 Å². The normalized spacial score (nSPS) is 18.8. The number of piperazine rings is 1. The van der Waals surface area contributed by atoms with Gasteiger partial charge in [-0.2, -0.15) is 0 Å². The Morgan fingerprint density at radius 1 is 0.946 bits per heavy atom. The minimum absolute atomic E-state index is 0.0265. The van der Waals surface area contributed by atoms with Crippen LogP contribution in [-0.4, -0.2) is 84.0 Å². The fourth-order valence-electron chi connectivity index (χ4n) is 5.10. The molecule has 3 rings (SSSR count). The number of rotatable bonds is 9.